The lowest BCUT2D eigenvalue weighted by Crippen LogP contribution is -2.29. The molecule has 0 unspecified atom stereocenters. The van der Waals surface area contributed by atoms with Gasteiger partial charge in [-0.2, -0.15) is 0 Å². The van der Waals surface area contributed by atoms with E-state index in [1.807, 2.05) is 18.5 Å². The first-order chi connectivity index (χ1) is 12.3. The van der Waals surface area contributed by atoms with E-state index < -0.39 is 0 Å². The number of amides is 1. The van der Waals surface area contributed by atoms with Gasteiger partial charge in [0, 0.05) is 67.1 Å². The summed E-state index contributed by atoms with van der Waals surface area (Å²) in [4.78, 5) is 26.4. The minimum absolute atomic E-state index is 0.136. The summed E-state index contributed by atoms with van der Waals surface area (Å²) < 4.78 is 0. The van der Waals surface area contributed by atoms with Gasteiger partial charge in [0.25, 0.3) is 5.91 Å². The fourth-order valence-electron chi connectivity index (χ4n) is 3.52. The van der Waals surface area contributed by atoms with E-state index in [1.165, 1.54) is 24.9 Å². The maximum absolute atomic E-state index is 11.9. The lowest BCUT2D eigenvalue weighted by Gasteiger charge is -2.29. The largest absolute Gasteiger partial charge is 0.371 e. The SMILES string of the molecule is CNC(=O)c1cncc(-c2c[nH]c3nccc(N4CCCCC4)c23)c1. The Morgan fingerprint density at radius 3 is 2.88 bits per heavy atom. The van der Waals surface area contributed by atoms with Gasteiger partial charge in [0.2, 0.25) is 0 Å². The quantitative estimate of drug-likeness (QED) is 0.772. The van der Waals surface area contributed by atoms with Crippen LogP contribution in [0.5, 0.6) is 0 Å². The van der Waals surface area contributed by atoms with Gasteiger partial charge in [0.1, 0.15) is 5.65 Å². The average Bonchev–Trinajstić information content (AvgIpc) is 3.12. The molecule has 1 aliphatic heterocycles. The van der Waals surface area contributed by atoms with Crippen molar-refractivity contribution < 1.29 is 4.79 Å². The van der Waals surface area contributed by atoms with E-state index in [9.17, 15) is 4.79 Å². The zero-order valence-electron chi connectivity index (χ0n) is 14.2. The van der Waals surface area contributed by atoms with Gasteiger partial charge in [-0.3, -0.25) is 9.78 Å². The van der Waals surface area contributed by atoms with E-state index in [0.717, 1.165) is 35.2 Å². The second kappa shape index (κ2) is 6.55. The maximum atomic E-state index is 11.9. The summed E-state index contributed by atoms with van der Waals surface area (Å²) in [6.45, 7) is 2.14. The fourth-order valence-corrected chi connectivity index (χ4v) is 3.52. The second-order valence-electron chi connectivity index (χ2n) is 6.35. The smallest absolute Gasteiger partial charge is 0.252 e. The molecule has 4 rings (SSSR count). The monoisotopic (exact) mass is 335 g/mol. The number of pyridine rings is 2. The lowest BCUT2D eigenvalue weighted by atomic mass is 10.0. The molecule has 0 bridgehead atoms. The van der Waals surface area contributed by atoms with Gasteiger partial charge in [-0.1, -0.05) is 0 Å². The molecule has 0 aromatic carbocycles. The minimum Gasteiger partial charge on any atom is -0.371 e. The Morgan fingerprint density at radius 2 is 2.08 bits per heavy atom. The van der Waals surface area contributed by atoms with Gasteiger partial charge in [-0.05, 0) is 31.4 Å². The highest BCUT2D eigenvalue weighted by Crippen LogP contribution is 2.35. The Bertz CT molecular complexity index is 911. The van der Waals surface area contributed by atoms with Crippen LogP contribution in [0, 0.1) is 0 Å². The standard InChI is InChI=1S/C19H21N5O/c1-20-19(25)14-9-13(10-21-11-14)15-12-23-18-17(15)16(5-6-22-18)24-7-3-2-4-8-24/h5-6,9-12H,2-4,7-8H2,1H3,(H,20,25)(H,22,23). The molecule has 2 N–H and O–H groups in total. The summed E-state index contributed by atoms with van der Waals surface area (Å²) in [6.07, 6.45) is 10.9. The molecule has 6 heteroatoms. The van der Waals surface area contributed by atoms with Crippen molar-refractivity contribution in [3.8, 4) is 11.1 Å². The van der Waals surface area contributed by atoms with Gasteiger partial charge in [0.15, 0.2) is 0 Å². The lowest BCUT2D eigenvalue weighted by molar-refractivity contribution is 0.0963. The van der Waals surface area contributed by atoms with Crippen LogP contribution in [0.15, 0.2) is 36.9 Å². The van der Waals surface area contributed by atoms with Gasteiger partial charge in [-0.25, -0.2) is 4.98 Å². The number of anilines is 1. The summed E-state index contributed by atoms with van der Waals surface area (Å²) in [5, 5.41) is 3.74. The van der Waals surface area contributed by atoms with E-state index in [4.69, 9.17) is 0 Å². The van der Waals surface area contributed by atoms with Gasteiger partial charge < -0.3 is 15.2 Å². The van der Waals surface area contributed by atoms with Crippen molar-refractivity contribution in [1.29, 1.82) is 0 Å². The van der Waals surface area contributed by atoms with Crippen molar-refractivity contribution in [3.05, 3.63) is 42.5 Å². The Balaban J connectivity index is 1.84. The van der Waals surface area contributed by atoms with Crippen LogP contribution >= 0.6 is 0 Å². The summed E-state index contributed by atoms with van der Waals surface area (Å²) >= 11 is 0. The molecular weight excluding hydrogens is 314 g/mol. The number of hydrogen-bond donors (Lipinski definition) is 2. The van der Waals surface area contributed by atoms with Crippen molar-refractivity contribution in [3.63, 3.8) is 0 Å². The highest BCUT2D eigenvalue weighted by molar-refractivity contribution is 6.03. The molecule has 128 valence electrons. The van der Waals surface area contributed by atoms with Crippen LogP contribution < -0.4 is 10.2 Å². The average molecular weight is 335 g/mol. The molecule has 0 radical (unpaired) electrons. The summed E-state index contributed by atoms with van der Waals surface area (Å²) in [6, 6.07) is 3.96. The van der Waals surface area contributed by atoms with E-state index in [-0.39, 0.29) is 5.91 Å². The molecule has 3 aromatic rings. The number of aromatic amines is 1. The molecule has 1 amide bonds. The van der Waals surface area contributed by atoms with Gasteiger partial charge >= 0.3 is 0 Å². The first kappa shape index (κ1) is 15.6. The highest BCUT2D eigenvalue weighted by atomic mass is 16.1. The van der Waals surface area contributed by atoms with E-state index >= 15 is 0 Å². The van der Waals surface area contributed by atoms with Crippen molar-refractivity contribution in [2.24, 2.45) is 0 Å². The van der Waals surface area contributed by atoms with Crippen LogP contribution in [0.25, 0.3) is 22.2 Å². The zero-order valence-corrected chi connectivity index (χ0v) is 14.2. The number of rotatable bonds is 3. The molecule has 0 aliphatic carbocycles. The predicted molar refractivity (Wildman–Crippen MR) is 98.8 cm³/mol. The number of hydrogen-bond acceptors (Lipinski definition) is 4. The van der Waals surface area contributed by atoms with Crippen LogP contribution in [0.3, 0.4) is 0 Å². The molecule has 1 saturated heterocycles. The Labute approximate surface area is 146 Å². The third-order valence-corrected chi connectivity index (χ3v) is 4.79. The molecule has 1 fully saturated rings. The van der Waals surface area contributed by atoms with Crippen molar-refractivity contribution >= 4 is 22.6 Å². The number of nitrogens with zero attached hydrogens (tertiary/aromatic N) is 3. The summed E-state index contributed by atoms with van der Waals surface area (Å²) in [5.41, 5.74) is 4.56. The molecule has 1 aliphatic rings. The van der Waals surface area contributed by atoms with Gasteiger partial charge in [0.05, 0.1) is 5.56 Å². The predicted octanol–water partition coefficient (Wildman–Crippen LogP) is 2.97. The van der Waals surface area contributed by atoms with E-state index in [0.29, 0.717) is 5.56 Å². The Kier molecular flexibility index (Phi) is 4.09. The molecule has 0 spiro atoms. The normalized spacial score (nSPS) is 14.7. The number of nitrogens with one attached hydrogen (secondary N) is 2. The highest BCUT2D eigenvalue weighted by Gasteiger charge is 2.18. The first-order valence-electron chi connectivity index (χ1n) is 8.66. The molecule has 3 aromatic heterocycles. The Hall–Kier alpha value is -2.89. The summed E-state index contributed by atoms with van der Waals surface area (Å²) in [5.74, 6) is -0.136. The third kappa shape index (κ3) is 2.84. The van der Waals surface area contributed by atoms with Crippen LogP contribution in [-0.2, 0) is 0 Å². The topological polar surface area (TPSA) is 73.9 Å². The molecule has 0 saturated carbocycles. The molecule has 6 nitrogen and oxygen atoms in total. The maximum Gasteiger partial charge on any atom is 0.252 e. The number of carbonyl (C=O) groups excluding carboxylic acids is 1. The summed E-state index contributed by atoms with van der Waals surface area (Å²) in [7, 11) is 1.62. The minimum atomic E-state index is -0.136. The second-order valence-corrected chi connectivity index (χ2v) is 6.35. The Morgan fingerprint density at radius 1 is 1.24 bits per heavy atom. The van der Waals surface area contributed by atoms with Crippen LogP contribution in [0.4, 0.5) is 5.69 Å². The first-order valence-corrected chi connectivity index (χ1v) is 8.66. The van der Waals surface area contributed by atoms with E-state index in [2.05, 4.69) is 31.2 Å². The van der Waals surface area contributed by atoms with Crippen LogP contribution in [0.1, 0.15) is 29.6 Å². The van der Waals surface area contributed by atoms with E-state index in [1.54, 1.807) is 19.4 Å². The number of carbonyl (C=O) groups is 1. The van der Waals surface area contributed by atoms with Crippen LogP contribution in [0.2, 0.25) is 0 Å². The molecule has 25 heavy (non-hydrogen) atoms. The third-order valence-electron chi connectivity index (χ3n) is 4.79. The van der Waals surface area contributed by atoms with Crippen molar-refractivity contribution in [2.75, 3.05) is 25.0 Å². The molecule has 4 heterocycles. The number of fused-ring (bicyclic) bond motifs is 1. The molecule has 0 atom stereocenters. The fraction of sp³-hybridized carbons (Fsp3) is 0.316. The zero-order chi connectivity index (χ0) is 17.2. The number of piperidine rings is 1. The van der Waals surface area contributed by atoms with Crippen molar-refractivity contribution in [2.45, 2.75) is 19.3 Å². The van der Waals surface area contributed by atoms with Crippen LogP contribution in [-0.4, -0.2) is 41.0 Å². The number of H-pyrrole nitrogens is 1. The molecular formula is C19H21N5O. The van der Waals surface area contributed by atoms with Crippen molar-refractivity contribution in [1.82, 2.24) is 20.3 Å². The van der Waals surface area contributed by atoms with Gasteiger partial charge in [-0.15, -0.1) is 0 Å². The number of aromatic nitrogens is 3.